The van der Waals surface area contributed by atoms with Crippen LogP contribution < -0.4 is 10.2 Å². The van der Waals surface area contributed by atoms with Crippen LogP contribution in [0.4, 0.5) is 17.1 Å². The molecule has 3 rings (SSSR count). The number of benzene rings is 2. The fourth-order valence-electron chi connectivity index (χ4n) is 2.89. The molecule has 2 aromatic rings. The minimum Gasteiger partial charge on any atom is -0.324 e. The molecule has 134 valence electrons. The van der Waals surface area contributed by atoms with E-state index in [1.165, 1.54) is 17.0 Å². The molecule has 0 aliphatic carbocycles. The van der Waals surface area contributed by atoms with E-state index in [2.05, 4.69) is 21.2 Å². The Balaban J connectivity index is 1.80. The summed E-state index contributed by atoms with van der Waals surface area (Å²) in [6, 6.07) is 9.85. The van der Waals surface area contributed by atoms with Crippen LogP contribution >= 0.6 is 15.9 Å². The van der Waals surface area contributed by atoms with Crippen LogP contribution in [0.25, 0.3) is 0 Å². The predicted octanol–water partition coefficient (Wildman–Crippen LogP) is 3.58. The fraction of sp³-hybridized carbons (Fsp3) is 0.222. The second kappa shape index (κ2) is 7.25. The lowest BCUT2D eigenvalue weighted by molar-refractivity contribution is -0.384. The number of non-ortho nitro benzene ring substituents is 1. The molecule has 0 spiro atoms. The van der Waals surface area contributed by atoms with Crippen molar-refractivity contribution in [1.82, 2.24) is 0 Å². The quantitative estimate of drug-likeness (QED) is 0.607. The van der Waals surface area contributed by atoms with Gasteiger partial charge in [-0.15, -0.1) is 0 Å². The number of carbonyl (C=O) groups is 2. The van der Waals surface area contributed by atoms with Crippen LogP contribution in [0.5, 0.6) is 0 Å². The molecule has 7 nitrogen and oxygen atoms in total. The number of anilines is 2. The van der Waals surface area contributed by atoms with Crippen LogP contribution in [0.15, 0.2) is 40.9 Å². The maximum absolute atomic E-state index is 12.5. The molecule has 0 fully saturated rings. The van der Waals surface area contributed by atoms with Crippen molar-refractivity contribution >= 4 is 44.8 Å². The predicted molar refractivity (Wildman–Crippen MR) is 101 cm³/mol. The average molecular weight is 418 g/mol. The lowest BCUT2D eigenvalue weighted by Gasteiger charge is -2.29. The Morgan fingerprint density at radius 1 is 1.27 bits per heavy atom. The largest absolute Gasteiger partial charge is 0.324 e. The molecule has 2 aromatic carbocycles. The first kappa shape index (κ1) is 18.1. The summed E-state index contributed by atoms with van der Waals surface area (Å²) in [6.07, 6.45) is 0.974. The zero-order valence-electron chi connectivity index (χ0n) is 14.0. The van der Waals surface area contributed by atoms with Crippen LogP contribution in [0, 0.1) is 17.0 Å². The minimum absolute atomic E-state index is 0.102. The highest BCUT2D eigenvalue weighted by Gasteiger charge is 2.26. The topological polar surface area (TPSA) is 92.6 Å². The summed E-state index contributed by atoms with van der Waals surface area (Å²) < 4.78 is 0.919. The molecule has 1 aliphatic rings. The van der Waals surface area contributed by atoms with Crippen LogP contribution in [0.1, 0.15) is 17.5 Å². The van der Waals surface area contributed by atoms with Crippen molar-refractivity contribution in [2.45, 2.75) is 19.8 Å². The number of hydrogen-bond acceptors (Lipinski definition) is 4. The van der Waals surface area contributed by atoms with E-state index in [0.717, 1.165) is 15.7 Å². The maximum atomic E-state index is 12.5. The lowest BCUT2D eigenvalue weighted by atomic mass is 10.0. The maximum Gasteiger partial charge on any atom is 0.271 e. The van der Waals surface area contributed by atoms with Gasteiger partial charge >= 0.3 is 0 Å². The third-order valence-corrected chi connectivity index (χ3v) is 4.74. The third kappa shape index (κ3) is 3.75. The zero-order chi connectivity index (χ0) is 18.8. The van der Waals surface area contributed by atoms with Gasteiger partial charge in [0, 0.05) is 28.7 Å². The Labute approximate surface area is 158 Å². The number of halogens is 1. The average Bonchev–Trinajstić information content (AvgIpc) is 2.59. The van der Waals surface area contributed by atoms with Gasteiger partial charge in [0.1, 0.15) is 6.54 Å². The minimum atomic E-state index is -0.517. The molecule has 1 aliphatic heterocycles. The van der Waals surface area contributed by atoms with E-state index in [0.29, 0.717) is 24.1 Å². The fourth-order valence-corrected chi connectivity index (χ4v) is 3.30. The van der Waals surface area contributed by atoms with Gasteiger partial charge in [-0.3, -0.25) is 19.7 Å². The highest BCUT2D eigenvalue weighted by molar-refractivity contribution is 9.10. The van der Waals surface area contributed by atoms with Gasteiger partial charge in [0.15, 0.2) is 0 Å². The Bertz CT molecular complexity index is 913. The second-order valence-corrected chi connectivity index (χ2v) is 6.97. The molecule has 0 bridgehead atoms. The van der Waals surface area contributed by atoms with Crippen molar-refractivity contribution in [2.24, 2.45) is 0 Å². The van der Waals surface area contributed by atoms with Gasteiger partial charge in [0.05, 0.1) is 10.6 Å². The first-order valence-corrected chi connectivity index (χ1v) is 8.78. The summed E-state index contributed by atoms with van der Waals surface area (Å²) in [7, 11) is 0. The Morgan fingerprint density at radius 2 is 2.04 bits per heavy atom. The number of aryl methyl sites for hydroxylation is 2. The van der Waals surface area contributed by atoms with E-state index in [9.17, 15) is 19.7 Å². The van der Waals surface area contributed by atoms with Gasteiger partial charge in [0.25, 0.3) is 5.69 Å². The molecule has 0 aromatic heterocycles. The number of hydrogen-bond donors (Lipinski definition) is 1. The molecule has 2 amide bonds. The molecule has 26 heavy (non-hydrogen) atoms. The number of amides is 2. The van der Waals surface area contributed by atoms with Gasteiger partial charge in [0.2, 0.25) is 11.8 Å². The Morgan fingerprint density at radius 3 is 2.77 bits per heavy atom. The number of carbonyl (C=O) groups excluding carboxylic acids is 2. The summed E-state index contributed by atoms with van der Waals surface area (Å²) in [5, 5.41) is 13.6. The first-order chi connectivity index (χ1) is 12.3. The lowest BCUT2D eigenvalue weighted by Crippen LogP contribution is -2.41. The normalized spacial score (nSPS) is 13.3. The SMILES string of the molecule is Cc1ccc([N+](=O)[O-])cc1NC(=O)CN1C(=O)CCc2cc(Br)ccc21. The summed E-state index contributed by atoms with van der Waals surface area (Å²) in [5.74, 6) is -0.525. The van der Waals surface area contributed by atoms with Gasteiger partial charge in [-0.05, 0) is 42.7 Å². The molecular formula is C18H16BrN3O4. The van der Waals surface area contributed by atoms with E-state index in [4.69, 9.17) is 0 Å². The van der Waals surface area contributed by atoms with E-state index in [-0.39, 0.29) is 18.1 Å². The highest BCUT2D eigenvalue weighted by atomic mass is 79.9. The van der Waals surface area contributed by atoms with Crippen LogP contribution in [0.3, 0.4) is 0 Å². The van der Waals surface area contributed by atoms with Gasteiger partial charge in [-0.25, -0.2) is 0 Å². The van der Waals surface area contributed by atoms with Gasteiger partial charge in [-0.2, -0.15) is 0 Å². The molecule has 1 heterocycles. The van der Waals surface area contributed by atoms with Crippen molar-refractivity contribution < 1.29 is 14.5 Å². The van der Waals surface area contributed by atoms with Gasteiger partial charge < -0.3 is 10.2 Å². The zero-order valence-corrected chi connectivity index (χ0v) is 15.6. The smallest absolute Gasteiger partial charge is 0.271 e. The van der Waals surface area contributed by atoms with E-state index in [1.807, 2.05) is 18.2 Å². The number of nitrogens with one attached hydrogen (secondary N) is 1. The number of rotatable bonds is 4. The summed E-state index contributed by atoms with van der Waals surface area (Å²) in [4.78, 5) is 36.6. The third-order valence-electron chi connectivity index (χ3n) is 4.25. The van der Waals surface area contributed by atoms with Crippen molar-refractivity contribution in [3.63, 3.8) is 0 Å². The number of nitro benzene ring substituents is 1. The molecule has 0 radical (unpaired) electrons. The monoisotopic (exact) mass is 417 g/mol. The summed E-state index contributed by atoms with van der Waals surface area (Å²) >= 11 is 3.41. The van der Waals surface area contributed by atoms with Crippen LogP contribution in [-0.4, -0.2) is 23.3 Å². The molecule has 0 unspecified atom stereocenters. The van der Waals surface area contributed by atoms with E-state index >= 15 is 0 Å². The van der Waals surface area contributed by atoms with E-state index in [1.54, 1.807) is 13.0 Å². The molecule has 8 heteroatoms. The Kier molecular flexibility index (Phi) is 5.03. The van der Waals surface area contributed by atoms with Gasteiger partial charge in [-0.1, -0.05) is 22.0 Å². The molecular weight excluding hydrogens is 402 g/mol. The molecule has 0 saturated heterocycles. The molecule has 0 atom stereocenters. The van der Waals surface area contributed by atoms with E-state index < -0.39 is 10.8 Å². The number of nitro groups is 1. The standard InChI is InChI=1S/C18H16BrN3O4/c1-11-2-5-14(22(25)26)9-15(11)20-17(23)10-21-16-6-4-13(19)8-12(16)3-7-18(21)24/h2,4-6,8-9H,3,7,10H2,1H3,(H,20,23). The van der Waals surface area contributed by atoms with Crippen molar-refractivity contribution in [1.29, 1.82) is 0 Å². The van der Waals surface area contributed by atoms with Crippen LogP contribution in [-0.2, 0) is 16.0 Å². The Hall–Kier alpha value is -2.74. The van der Waals surface area contributed by atoms with Crippen LogP contribution in [0.2, 0.25) is 0 Å². The number of fused-ring (bicyclic) bond motifs is 1. The van der Waals surface area contributed by atoms with Crippen molar-refractivity contribution in [3.8, 4) is 0 Å². The van der Waals surface area contributed by atoms with Crippen molar-refractivity contribution in [3.05, 3.63) is 62.1 Å². The molecule has 0 saturated carbocycles. The summed E-state index contributed by atoms with van der Waals surface area (Å²) in [5.41, 5.74) is 2.69. The number of nitrogens with zero attached hydrogens (tertiary/aromatic N) is 2. The highest BCUT2D eigenvalue weighted by Crippen LogP contribution is 2.30. The first-order valence-electron chi connectivity index (χ1n) is 7.99. The summed E-state index contributed by atoms with van der Waals surface area (Å²) in [6.45, 7) is 1.60. The molecule has 1 N–H and O–H groups in total. The second-order valence-electron chi connectivity index (χ2n) is 6.06. The van der Waals surface area contributed by atoms with Crippen molar-refractivity contribution in [2.75, 3.05) is 16.8 Å².